The maximum absolute atomic E-state index is 13.1. The van der Waals surface area contributed by atoms with Gasteiger partial charge in [0.2, 0.25) is 0 Å². The van der Waals surface area contributed by atoms with Crippen LogP contribution in [0, 0.1) is 5.82 Å². The molecule has 0 aliphatic rings. The first kappa shape index (κ1) is 19.6. The lowest BCUT2D eigenvalue weighted by Gasteiger charge is -2.18. The number of H-pyrrole nitrogens is 1. The quantitative estimate of drug-likeness (QED) is 0.457. The number of benzene rings is 2. The van der Waals surface area contributed by atoms with Crippen molar-refractivity contribution in [2.45, 2.75) is 32.2 Å². The van der Waals surface area contributed by atoms with Gasteiger partial charge in [-0.05, 0) is 42.3 Å². The summed E-state index contributed by atoms with van der Waals surface area (Å²) < 4.78 is 18.4. The average molecular weight is 382 g/mol. The van der Waals surface area contributed by atoms with E-state index in [0.29, 0.717) is 13.0 Å². The summed E-state index contributed by atoms with van der Waals surface area (Å²) >= 11 is 0. The predicted octanol–water partition coefficient (Wildman–Crippen LogP) is 3.99. The van der Waals surface area contributed by atoms with Gasteiger partial charge in [-0.1, -0.05) is 31.5 Å². The van der Waals surface area contributed by atoms with Gasteiger partial charge in [-0.15, -0.1) is 0 Å². The number of hydrogen-bond donors (Lipinski definition) is 2. The van der Waals surface area contributed by atoms with Crippen molar-refractivity contribution in [3.05, 3.63) is 71.7 Å². The summed E-state index contributed by atoms with van der Waals surface area (Å²) in [5, 5.41) is 3.72. The maximum atomic E-state index is 13.1. The third kappa shape index (κ3) is 4.76. The summed E-state index contributed by atoms with van der Waals surface area (Å²) in [6.07, 6.45) is 3.79. The standard InChI is InChI=1S/C22H23FN2O3/c1-2-3-12-28-22(27)20(25-21(26)15-8-10-17(23)11-9-15)13-16-14-24-19-7-5-4-6-18(16)19/h4-11,14,20,24H,2-3,12-13H2,1H3,(H,25,26). The van der Waals surface area contributed by atoms with Crippen LogP contribution in [0.5, 0.6) is 0 Å². The molecule has 0 saturated heterocycles. The Bertz CT molecular complexity index is 950. The van der Waals surface area contributed by atoms with Gasteiger partial charge in [0.15, 0.2) is 0 Å². The number of nitrogens with one attached hydrogen (secondary N) is 2. The first-order valence-electron chi connectivity index (χ1n) is 9.36. The van der Waals surface area contributed by atoms with Gasteiger partial charge in [-0.2, -0.15) is 0 Å². The van der Waals surface area contributed by atoms with Gasteiger partial charge in [0, 0.05) is 29.1 Å². The zero-order valence-corrected chi connectivity index (χ0v) is 15.7. The van der Waals surface area contributed by atoms with E-state index < -0.39 is 23.7 Å². The Balaban J connectivity index is 1.79. The second kappa shape index (κ2) is 9.17. The number of amides is 1. The molecule has 2 aromatic carbocycles. The van der Waals surface area contributed by atoms with Crippen LogP contribution < -0.4 is 5.32 Å². The van der Waals surface area contributed by atoms with Gasteiger partial charge >= 0.3 is 5.97 Å². The van der Waals surface area contributed by atoms with Crippen LogP contribution in [0.15, 0.2) is 54.7 Å². The van der Waals surface area contributed by atoms with Crippen molar-refractivity contribution >= 4 is 22.8 Å². The number of rotatable bonds is 8. The molecule has 1 atom stereocenters. The first-order chi connectivity index (χ1) is 13.6. The molecule has 1 aromatic heterocycles. The molecule has 0 fully saturated rings. The number of fused-ring (bicyclic) bond motifs is 1. The number of carbonyl (C=O) groups is 2. The monoisotopic (exact) mass is 382 g/mol. The van der Waals surface area contributed by atoms with E-state index >= 15 is 0 Å². The summed E-state index contributed by atoms with van der Waals surface area (Å²) in [6, 6.07) is 12.1. The number of ether oxygens (including phenoxy) is 1. The van der Waals surface area contributed by atoms with Crippen LogP contribution in [0.3, 0.4) is 0 Å². The Morgan fingerprint density at radius 1 is 1.14 bits per heavy atom. The molecule has 1 heterocycles. The van der Waals surface area contributed by atoms with E-state index in [-0.39, 0.29) is 5.56 Å². The van der Waals surface area contributed by atoms with Crippen molar-refractivity contribution < 1.29 is 18.7 Å². The molecule has 1 amide bonds. The molecule has 146 valence electrons. The number of halogens is 1. The zero-order valence-electron chi connectivity index (χ0n) is 15.7. The van der Waals surface area contributed by atoms with E-state index in [0.717, 1.165) is 29.3 Å². The highest BCUT2D eigenvalue weighted by Crippen LogP contribution is 2.19. The predicted molar refractivity (Wildman–Crippen MR) is 106 cm³/mol. The van der Waals surface area contributed by atoms with Crippen LogP contribution in [-0.2, 0) is 16.0 Å². The molecule has 3 aromatic rings. The zero-order chi connectivity index (χ0) is 19.9. The lowest BCUT2D eigenvalue weighted by molar-refractivity contribution is -0.146. The van der Waals surface area contributed by atoms with Crippen molar-refractivity contribution in [1.82, 2.24) is 10.3 Å². The van der Waals surface area contributed by atoms with E-state index in [1.165, 1.54) is 24.3 Å². The van der Waals surface area contributed by atoms with Crippen molar-refractivity contribution in [2.75, 3.05) is 6.61 Å². The Kier molecular flexibility index (Phi) is 6.42. The lowest BCUT2D eigenvalue weighted by Crippen LogP contribution is -2.43. The molecule has 0 bridgehead atoms. The highest BCUT2D eigenvalue weighted by Gasteiger charge is 2.24. The topological polar surface area (TPSA) is 71.2 Å². The van der Waals surface area contributed by atoms with E-state index in [9.17, 15) is 14.0 Å². The van der Waals surface area contributed by atoms with Crippen LogP contribution in [0.25, 0.3) is 10.9 Å². The van der Waals surface area contributed by atoms with Crippen LogP contribution in [-0.4, -0.2) is 29.5 Å². The van der Waals surface area contributed by atoms with Gasteiger partial charge < -0.3 is 15.0 Å². The highest BCUT2D eigenvalue weighted by atomic mass is 19.1. The van der Waals surface area contributed by atoms with Crippen molar-refractivity contribution in [2.24, 2.45) is 0 Å². The summed E-state index contributed by atoms with van der Waals surface area (Å²) in [6.45, 7) is 2.32. The second-order valence-electron chi connectivity index (χ2n) is 6.62. The number of hydrogen-bond acceptors (Lipinski definition) is 3. The third-order valence-electron chi connectivity index (χ3n) is 4.54. The fraction of sp³-hybridized carbons (Fsp3) is 0.273. The van der Waals surface area contributed by atoms with E-state index in [1.54, 1.807) is 0 Å². The van der Waals surface area contributed by atoms with Gasteiger partial charge in [0.1, 0.15) is 11.9 Å². The summed E-state index contributed by atoms with van der Waals surface area (Å²) in [4.78, 5) is 28.3. The van der Waals surface area contributed by atoms with Crippen LogP contribution in [0.1, 0.15) is 35.7 Å². The molecule has 3 rings (SSSR count). The van der Waals surface area contributed by atoms with Gasteiger partial charge in [0.25, 0.3) is 5.91 Å². The summed E-state index contributed by atoms with van der Waals surface area (Å²) in [5.41, 5.74) is 2.15. The number of para-hydroxylation sites is 1. The molecule has 0 saturated carbocycles. The molecule has 2 N–H and O–H groups in total. The molecular weight excluding hydrogens is 359 g/mol. The molecule has 0 aliphatic carbocycles. The highest BCUT2D eigenvalue weighted by molar-refractivity contribution is 5.97. The van der Waals surface area contributed by atoms with E-state index in [2.05, 4.69) is 10.3 Å². The van der Waals surface area contributed by atoms with Crippen molar-refractivity contribution in [1.29, 1.82) is 0 Å². The Labute approximate surface area is 162 Å². The Morgan fingerprint density at radius 2 is 1.89 bits per heavy atom. The lowest BCUT2D eigenvalue weighted by atomic mass is 10.0. The van der Waals surface area contributed by atoms with Gasteiger partial charge in [-0.25, -0.2) is 9.18 Å². The fourth-order valence-corrected chi connectivity index (χ4v) is 2.97. The van der Waals surface area contributed by atoms with E-state index in [1.807, 2.05) is 37.4 Å². The fourth-order valence-electron chi connectivity index (χ4n) is 2.97. The Hall–Kier alpha value is -3.15. The molecular formula is C22H23FN2O3. The minimum Gasteiger partial charge on any atom is -0.464 e. The molecule has 0 radical (unpaired) electrons. The Morgan fingerprint density at radius 3 is 2.64 bits per heavy atom. The summed E-state index contributed by atoms with van der Waals surface area (Å²) in [5.74, 6) is -1.35. The number of carbonyl (C=O) groups excluding carboxylic acids is 2. The number of aromatic amines is 1. The molecule has 0 aliphatic heterocycles. The van der Waals surface area contributed by atoms with Crippen LogP contribution in [0.2, 0.25) is 0 Å². The molecule has 28 heavy (non-hydrogen) atoms. The van der Waals surface area contributed by atoms with Crippen LogP contribution in [0.4, 0.5) is 4.39 Å². The molecule has 5 nitrogen and oxygen atoms in total. The van der Waals surface area contributed by atoms with Crippen molar-refractivity contribution in [3.8, 4) is 0 Å². The normalized spacial score (nSPS) is 11.9. The largest absolute Gasteiger partial charge is 0.464 e. The molecule has 0 spiro atoms. The molecule has 6 heteroatoms. The van der Waals surface area contributed by atoms with Crippen LogP contribution >= 0.6 is 0 Å². The second-order valence-corrected chi connectivity index (χ2v) is 6.62. The number of unbranched alkanes of at least 4 members (excludes halogenated alkanes) is 1. The maximum Gasteiger partial charge on any atom is 0.328 e. The number of aromatic nitrogens is 1. The number of esters is 1. The summed E-state index contributed by atoms with van der Waals surface area (Å²) in [7, 11) is 0. The van der Waals surface area contributed by atoms with Crippen molar-refractivity contribution in [3.63, 3.8) is 0 Å². The average Bonchev–Trinajstić information content (AvgIpc) is 3.11. The SMILES string of the molecule is CCCCOC(=O)C(Cc1c[nH]c2ccccc12)NC(=O)c1ccc(F)cc1. The minimum absolute atomic E-state index is 0.284. The minimum atomic E-state index is -0.839. The smallest absolute Gasteiger partial charge is 0.328 e. The first-order valence-corrected chi connectivity index (χ1v) is 9.36. The van der Waals surface area contributed by atoms with Gasteiger partial charge in [0.05, 0.1) is 6.61 Å². The van der Waals surface area contributed by atoms with E-state index in [4.69, 9.17) is 4.74 Å². The molecule has 1 unspecified atom stereocenters. The van der Waals surface area contributed by atoms with Gasteiger partial charge in [-0.3, -0.25) is 4.79 Å². The third-order valence-corrected chi connectivity index (χ3v) is 4.54.